The molecule has 0 saturated carbocycles. The molecule has 1 aliphatic heterocycles. The number of aromatic nitrogens is 1. The van der Waals surface area contributed by atoms with Crippen LogP contribution in [0.1, 0.15) is 15.9 Å². The van der Waals surface area contributed by atoms with E-state index in [1.165, 1.54) is 5.56 Å². The van der Waals surface area contributed by atoms with Crippen molar-refractivity contribution in [2.45, 2.75) is 6.54 Å². The van der Waals surface area contributed by atoms with Crippen molar-refractivity contribution >= 4 is 5.91 Å². The fraction of sp³-hybridized carbons (Fsp3) is 0.280. The van der Waals surface area contributed by atoms with Crippen molar-refractivity contribution < 1.29 is 14.3 Å². The van der Waals surface area contributed by atoms with E-state index in [2.05, 4.69) is 16.0 Å². The van der Waals surface area contributed by atoms with Crippen LogP contribution in [0.3, 0.4) is 0 Å². The lowest BCUT2D eigenvalue weighted by atomic mass is 10.1. The van der Waals surface area contributed by atoms with E-state index >= 15 is 0 Å². The highest BCUT2D eigenvalue weighted by atomic mass is 16.5. The molecular weight excluding hydrogens is 390 g/mol. The average molecular weight is 418 g/mol. The van der Waals surface area contributed by atoms with Crippen LogP contribution in [0.4, 0.5) is 0 Å². The van der Waals surface area contributed by atoms with Gasteiger partial charge < -0.3 is 14.4 Å². The van der Waals surface area contributed by atoms with E-state index in [0.717, 1.165) is 25.4 Å². The molecule has 31 heavy (non-hydrogen) atoms. The topological polar surface area (TPSA) is 54.9 Å². The average Bonchev–Trinajstić information content (AvgIpc) is 2.83. The number of carbonyl (C=O) groups excluding carboxylic acids is 1. The van der Waals surface area contributed by atoms with Crippen molar-refractivity contribution in [2.75, 3.05) is 39.4 Å². The van der Waals surface area contributed by atoms with Crippen LogP contribution in [0.15, 0.2) is 79.1 Å². The predicted molar refractivity (Wildman–Crippen MR) is 119 cm³/mol. The molecule has 3 aromatic rings. The van der Waals surface area contributed by atoms with Gasteiger partial charge in [0.15, 0.2) is 0 Å². The van der Waals surface area contributed by atoms with Gasteiger partial charge in [0, 0.05) is 45.1 Å². The number of hydrogen-bond donors (Lipinski definition) is 0. The molecule has 160 valence electrons. The van der Waals surface area contributed by atoms with Gasteiger partial charge >= 0.3 is 0 Å². The van der Waals surface area contributed by atoms with Gasteiger partial charge in [-0.25, -0.2) is 0 Å². The highest BCUT2D eigenvalue weighted by Crippen LogP contribution is 2.21. The summed E-state index contributed by atoms with van der Waals surface area (Å²) in [6.45, 7) is 4.73. The second-order valence-corrected chi connectivity index (χ2v) is 7.44. The molecule has 6 heteroatoms. The minimum Gasteiger partial charge on any atom is -0.490 e. The van der Waals surface area contributed by atoms with E-state index in [-0.39, 0.29) is 5.91 Å². The highest BCUT2D eigenvalue weighted by molar-refractivity contribution is 5.97. The Balaban J connectivity index is 1.28. The Labute approximate surface area is 183 Å². The minimum atomic E-state index is 0.0144. The first-order valence-corrected chi connectivity index (χ1v) is 10.6. The van der Waals surface area contributed by atoms with E-state index in [4.69, 9.17) is 9.47 Å². The van der Waals surface area contributed by atoms with Crippen LogP contribution >= 0.6 is 0 Å². The molecule has 1 saturated heterocycles. The summed E-state index contributed by atoms with van der Waals surface area (Å²) in [5, 5.41) is 0. The zero-order chi connectivity index (χ0) is 21.3. The van der Waals surface area contributed by atoms with Crippen molar-refractivity contribution in [3.05, 3.63) is 90.3 Å². The Morgan fingerprint density at radius 3 is 2.35 bits per heavy atom. The van der Waals surface area contributed by atoms with Crippen LogP contribution in [0, 0.1) is 0 Å². The molecule has 0 unspecified atom stereocenters. The first-order chi connectivity index (χ1) is 15.3. The Morgan fingerprint density at radius 2 is 1.58 bits per heavy atom. The van der Waals surface area contributed by atoms with E-state index in [9.17, 15) is 4.79 Å². The maximum absolute atomic E-state index is 13.1. The Hall–Kier alpha value is -3.38. The van der Waals surface area contributed by atoms with Crippen LogP contribution in [0.5, 0.6) is 11.5 Å². The van der Waals surface area contributed by atoms with E-state index < -0.39 is 0 Å². The molecule has 0 spiro atoms. The number of pyridine rings is 1. The van der Waals surface area contributed by atoms with Gasteiger partial charge in [0.2, 0.25) is 0 Å². The van der Waals surface area contributed by atoms with Crippen molar-refractivity contribution in [3.8, 4) is 11.5 Å². The van der Waals surface area contributed by atoms with E-state index in [1.807, 2.05) is 71.8 Å². The Bertz CT molecular complexity index is 958. The Morgan fingerprint density at radius 1 is 0.839 bits per heavy atom. The molecule has 0 atom stereocenters. The summed E-state index contributed by atoms with van der Waals surface area (Å²) in [6.07, 6.45) is 3.68. The molecule has 1 fully saturated rings. The minimum absolute atomic E-state index is 0.0144. The fourth-order valence-electron chi connectivity index (χ4n) is 3.63. The largest absolute Gasteiger partial charge is 0.490 e. The summed E-state index contributed by atoms with van der Waals surface area (Å²) in [6, 6.07) is 21.1. The smallest absolute Gasteiger partial charge is 0.257 e. The summed E-state index contributed by atoms with van der Waals surface area (Å²) in [5.41, 5.74) is 1.79. The zero-order valence-corrected chi connectivity index (χ0v) is 17.5. The van der Waals surface area contributed by atoms with Crippen LogP contribution in [-0.4, -0.2) is 60.1 Å². The summed E-state index contributed by atoms with van der Waals surface area (Å²) >= 11 is 0. The molecule has 0 N–H and O–H groups in total. The zero-order valence-electron chi connectivity index (χ0n) is 17.5. The third kappa shape index (κ3) is 5.83. The standard InChI is InChI=1S/C25H27N3O3/c29-25(28-15-13-27(14-16-28)20-21-7-6-12-26-19-21)23-10-4-5-11-24(23)31-18-17-30-22-8-2-1-3-9-22/h1-12,19H,13-18,20H2. The predicted octanol–water partition coefficient (Wildman–Crippen LogP) is 3.50. The maximum Gasteiger partial charge on any atom is 0.257 e. The number of amides is 1. The fourth-order valence-corrected chi connectivity index (χ4v) is 3.63. The second kappa shape index (κ2) is 10.6. The van der Waals surface area contributed by atoms with Crippen LogP contribution < -0.4 is 9.47 Å². The quantitative estimate of drug-likeness (QED) is 0.525. The van der Waals surface area contributed by atoms with Crippen LogP contribution in [0.2, 0.25) is 0 Å². The van der Waals surface area contributed by atoms with Gasteiger partial charge in [-0.3, -0.25) is 14.7 Å². The third-order valence-corrected chi connectivity index (χ3v) is 5.26. The summed E-state index contributed by atoms with van der Waals surface area (Å²) in [7, 11) is 0. The molecule has 1 amide bonds. The number of benzene rings is 2. The van der Waals surface area contributed by atoms with Gasteiger partial charge in [-0.1, -0.05) is 36.4 Å². The number of para-hydroxylation sites is 2. The van der Waals surface area contributed by atoms with Gasteiger partial charge in [-0.05, 0) is 35.9 Å². The number of ether oxygens (including phenoxy) is 2. The van der Waals surface area contributed by atoms with Gasteiger partial charge in [0.1, 0.15) is 24.7 Å². The van der Waals surface area contributed by atoms with Crippen molar-refractivity contribution in [1.29, 1.82) is 0 Å². The van der Waals surface area contributed by atoms with Gasteiger partial charge in [0.25, 0.3) is 5.91 Å². The van der Waals surface area contributed by atoms with E-state index in [1.54, 1.807) is 6.20 Å². The lowest BCUT2D eigenvalue weighted by Crippen LogP contribution is -2.48. The number of rotatable bonds is 8. The van der Waals surface area contributed by atoms with Crippen molar-refractivity contribution in [1.82, 2.24) is 14.8 Å². The number of hydrogen-bond acceptors (Lipinski definition) is 5. The molecule has 1 aliphatic rings. The first-order valence-electron chi connectivity index (χ1n) is 10.6. The lowest BCUT2D eigenvalue weighted by molar-refractivity contribution is 0.0623. The number of nitrogens with zero attached hydrogens (tertiary/aromatic N) is 3. The van der Waals surface area contributed by atoms with Gasteiger partial charge in [-0.15, -0.1) is 0 Å². The van der Waals surface area contributed by atoms with Crippen molar-refractivity contribution in [3.63, 3.8) is 0 Å². The number of piperazine rings is 1. The molecular formula is C25H27N3O3. The molecule has 2 heterocycles. The van der Waals surface area contributed by atoms with Crippen LogP contribution in [0.25, 0.3) is 0 Å². The van der Waals surface area contributed by atoms with E-state index in [0.29, 0.717) is 37.6 Å². The molecule has 4 rings (SSSR count). The summed E-state index contributed by atoms with van der Waals surface area (Å²) in [5.74, 6) is 1.42. The monoisotopic (exact) mass is 417 g/mol. The maximum atomic E-state index is 13.1. The highest BCUT2D eigenvalue weighted by Gasteiger charge is 2.24. The normalized spacial score (nSPS) is 14.3. The summed E-state index contributed by atoms with van der Waals surface area (Å²) in [4.78, 5) is 21.6. The molecule has 0 radical (unpaired) electrons. The first kappa shape index (κ1) is 20.9. The summed E-state index contributed by atoms with van der Waals surface area (Å²) < 4.78 is 11.6. The molecule has 0 bridgehead atoms. The SMILES string of the molecule is O=C(c1ccccc1OCCOc1ccccc1)N1CCN(Cc2cccnc2)CC1. The molecule has 1 aromatic heterocycles. The van der Waals surface area contributed by atoms with Crippen LogP contribution in [-0.2, 0) is 6.54 Å². The second-order valence-electron chi connectivity index (χ2n) is 7.44. The Kier molecular flexibility index (Phi) is 7.13. The molecule has 0 aliphatic carbocycles. The van der Waals surface area contributed by atoms with Gasteiger partial charge in [-0.2, -0.15) is 0 Å². The van der Waals surface area contributed by atoms with Crippen molar-refractivity contribution in [2.24, 2.45) is 0 Å². The lowest BCUT2D eigenvalue weighted by Gasteiger charge is -2.35. The van der Waals surface area contributed by atoms with Gasteiger partial charge in [0.05, 0.1) is 5.56 Å². The molecule has 2 aromatic carbocycles. The number of carbonyl (C=O) groups is 1. The molecule has 6 nitrogen and oxygen atoms in total. The third-order valence-electron chi connectivity index (χ3n) is 5.26.